The molecule has 0 radical (unpaired) electrons. The SMILES string of the molecule is FCOc1c(F)cc(OC(F)F)cc1F. The molecule has 1 aromatic carbocycles. The van der Waals surface area contributed by atoms with Crippen LogP contribution >= 0.6 is 0 Å². The van der Waals surface area contributed by atoms with Gasteiger partial charge in [0.15, 0.2) is 17.4 Å². The lowest BCUT2D eigenvalue weighted by Crippen LogP contribution is -2.04. The smallest absolute Gasteiger partial charge is 0.387 e. The minimum Gasteiger partial charge on any atom is -0.457 e. The number of ether oxygens (including phenoxy) is 2. The van der Waals surface area contributed by atoms with Crippen molar-refractivity contribution in [2.75, 3.05) is 6.86 Å². The summed E-state index contributed by atoms with van der Waals surface area (Å²) in [7, 11) is 0. The third kappa shape index (κ3) is 2.97. The van der Waals surface area contributed by atoms with Crippen molar-refractivity contribution >= 4 is 0 Å². The van der Waals surface area contributed by atoms with Crippen LogP contribution < -0.4 is 9.47 Å². The summed E-state index contributed by atoms with van der Waals surface area (Å²) in [6.07, 6.45) is 0. The molecule has 0 aliphatic heterocycles. The molecule has 15 heavy (non-hydrogen) atoms. The van der Waals surface area contributed by atoms with Gasteiger partial charge in [-0.05, 0) is 0 Å². The lowest BCUT2D eigenvalue weighted by molar-refractivity contribution is -0.0502. The fraction of sp³-hybridized carbons (Fsp3) is 0.250. The second kappa shape index (κ2) is 4.81. The van der Waals surface area contributed by atoms with Crippen LogP contribution in [0.25, 0.3) is 0 Å². The number of halogens is 5. The van der Waals surface area contributed by atoms with Gasteiger partial charge >= 0.3 is 6.61 Å². The Hall–Kier alpha value is -1.53. The van der Waals surface area contributed by atoms with Crippen molar-refractivity contribution in [3.63, 3.8) is 0 Å². The molecule has 0 fully saturated rings. The first-order chi connectivity index (χ1) is 7.04. The van der Waals surface area contributed by atoms with Crippen LogP contribution in [0.3, 0.4) is 0 Å². The Balaban J connectivity index is 2.97. The molecule has 0 amide bonds. The Labute approximate surface area is 81.2 Å². The highest BCUT2D eigenvalue weighted by atomic mass is 19.3. The standard InChI is InChI=1S/C8H5F5O2/c9-3-14-7-5(10)1-4(2-6(7)11)15-8(12)13/h1-2,8H,3H2. The van der Waals surface area contributed by atoms with Crippen molar-refractivity contribution in [1.29, 1.82) is 0 Å². The Bertz CT molecular complexity index is 319. The van der Waals surface area contributed by atoms with E-state index in [0.717, 1.165) is 0 Å². The second-order valence-electron chi connectivity index (χ2n) is 2.35. The molecule has 0 saturated carbocycles. The van der Waals surface area contributed by atoms with Crippen LogP contribution in [0.5, 0.6) is 11.5 Å². The first kappa shape index (κ1) is 11.5. The molecule has 0 bridgehead atoms. The number of rotatable bonds is 4. The molecular weight excluding hydrogens is 223 g/mol. The van der Waals surface area contributed by atoms with Gasteiger partial charge in [0.2, 0.25) is 6.86 Å². The van der Waals surface area contributed by atoms with E-state index in [1.807, 2.05) is 0 Å². The van der Waals surface area contributed by atoms with Gasteiger partial charge in [-0.2, -0.15) is 8.78 Å². The number of alkyl halides is 3. The summed E-state index contributed by atoms with van der Waals surface area (Å²) >= 11 is 0. The maximum atomic E-state index is 12.9. The van der Waals surface area contributed by atoms with E-state index in [0.29, 0.717) is 12.1 Å². The fourth-order valence-electron chi connectivity index (χ4n) is 0.900. The molecule has 1 aromatic rings. The van der Waals surface area contributed by atoms with E-state index in [1.54, 1.807) is 0 Å². The molecule has 0 aliphatic rings. The molecule has 0 spiro atoms. The lowest BCUT2D eigenvalue weighted by atomic mass is 10.3. The van der Waals surface area contributed by atoms with Crippen molar-refractivity contribution in [2.24, 2.45) is 0 Å². The van der Waals surface area contributed by atoms with Gasteiger partial charge < -0.3 is 9.47 Å². The molecule has 0 heterocycles. The minimum atomic E-state index is -3.20. The zero-order valence-electron chi connectivity index (χ0n) is 7.15. The van der Waals surface area contributed by atoms with Crippen molar-refractivity contribution < 1.29 is 31.4 Å². The third-order valence-electron chi connectivity index (χ3n) is 1.40. The summed E-state index contributed by atoms with van der Waals surface area (Å²) in [4.78, 5) is 0. The van der Waals surface area contributed by atoms with Crippen LogP contribution in [0.15, 0.2) is 12.1 Å². The van der Waals surface area contributed by atoms with Crippen LogP contribution in [-0.4, -0.2) is 13.5 Å². The summed E-state index contributed by atoms with van der Waals surface area (Å²) < 4.78 is 68.5. The molecule has 0 saturated heterocycles. The Morgan fingerprint density at radius 2 is 1.67 bits per heavy atom. The summed E-state index contributed by atoms with van der Waals surface area (Å²) in [6, 6.07) is 0.945. The summed E-state index contributed by atoms with van der Waals surface area (Å²) in [5, 5.41) is 0. The zero-order valence-corrected chi connectivity index (χ0v) is 7.15. The first-order valence-electron chi connectivity index (χ1n) is 3.67. The van der Waals surface area contributed by atoms with Gasteiger partial charge in [-0.1, -0.05) is 0 Å². The van der Waals surface area contributed by atoms with Gasteiger partial charge in [-0.25, -0.2) is 13.2 Å². The average Bonchev–Trinajstić information content (AvgIpc) is 2.10. The van der Waals surface area contributed by atoms with E-state index in [4.69, 9.17) is 0 Å². The number of hydrogen-bond donors (Lipinski definition) is 0. The third-order valence-corrected chi connectivity index (χ3v) is 1.40. The Morgan fingerprint density at radius 1 is 1.13 bits per heavy atom. The molecule has 7 heteroatoms. The summed E-state index contributed by atoms with van der Waals surface area (Å²) in [5.74, 6) is -4.31. The highest BCUT2D eigenvalue weighted by molar-refractivity contribution is 5.34. The highest BCUT2D eigenvalue weighted by Crippen LogP contribution is 2.27. The Morgan fingerprint density at radius 3 is 2.07 bits per heavy atom. The predicted molar refractivity (Wildman–Crippen MR) is 39.6 cm³/mol. The monoisotopic (exact) mass is 228 g/mol. The van der Waals surface area contributed by atoms with Gasteiger partial charge in [-0.3, -0.25) is 0 Å². The van der Waals surface area contributed by atoms with E-state index in [9.17, 15) is 22.0 Å². The molecular formula is C8H5F5O2. The average molecular weight is 228 g/mol. The topological polar surface area (TPSA) is 18.5 Å². The second-order valence-corrected chi connectivity index (χ2v) is 2.35. The van der Waals surface area contributed by atoms with Gasteiger partial charge in [-0.15, -0.1) is 0 Å². The van der Waals surface area contributed by atoms with Gasteiger partial charge in [0.1, 0.15) is 5.75 Å². The van der Waals surface area contributed by atoms with E-state index in [1.165, 1.54) is 0 Å². The molecule has 1 rings (SSSR count). The van der Waals surface area contributed by atoms with E-state index in [2.05, 4.69) is 9.47 Å². The summed E-state index contributed by atoms with van der Waals surface area (Å²) in [6.45, 7) is -4.63. The van der Waals surface area contributed by atoms with E-state index in [-0.39, 0.29) is 0 Å². The molecule has 0 unspecified atom stereocenters. The molecule has 0 N–H and O–H groups in total. The maximum Gasteiger partial charge on any atom is 0.387 e. The molecule has 0 aromatic heterocycles. The number of benzene rings is 1. The Kier molecular flexibility index (Phi) is 3.70. The largest absolute Gasteiger partial charge is 0.457 e. The zero-order chi connectivity index (χ0) is 11.4. The molecule has 2 nitrogen and oxygen atoms in total. The maximum absolute atomic E-state index is 12.9. The quantitative estimate of drug-likeness (QED) is 0.737. The van der Waals surface area contributed by atoms with Crippen LogP contribution in [0.1, 0.15) is 0 Å². The fourth-order valence-corrected chi connectivity index (χ4v) is 0.900. The highest BCUT2D eigenvalue weighted by Gasteiger charge is 2.15. The minimum absolute atomic E-state index is 0.472. The molecule has 84 valence electrons. The van der Waals surface area contributed by atoms with Crippen molar-refractivity contribution in [3.05, 3.63) is 23.8 Å². The lowest BCUT2D eigenvalue weighted by Gasteiger charge is -2.08. The summed E-state index contributed by atoms with van der Waals surface area (Å²) in [5.41, 5.74) is 0. The van der Waals surface area contributed by atoms with Gasteiger partial charge in [0, 0.05) is 12.1 Å². The van der Waals surface area contributed by atoms with Gasteiger partial charge in [0.25, 0.3) is 0 Å². The van der Waals surface area contributed by atoms with Crippen molar-refractivity contribution in [2.45, 2.75) is 6.61 Å². The van der Waals surface area contributed by atoms with E-state index >= 15 is 0 Å². The van der Waals surface area contributed by atoms with Crippen LogP contribution in [0, 0.1) is 11.6 Å². The first-order valence-corrected chi connectivity index (χ1v) is 3.67. The molecule has 0 atom stereocenters. The normalized spacial score (nSPS) is 10.5. The van der Waals surface area contributed by atoms with Crippen LogP contribution in [-0.2, 0) is 0 Å². The predicted octanol–water partition coefficient (Wildman–Crippen LogP) is 2.87. The molecule has 0 aliphatic carbocycles. The van der Waals surface area contributed by atoms with E-state index < -0.39 is 36.6 Å². The number of hydrogen-bond acceptors (Lipinski definition) is 2. The van der Waals surface area contributed by atoms with Crippen LogP contribution in [0.2, 0.25) is 0 Å². The van der Waals surface area contributed by atoms with Gasteiger partial charge in [0.05, 0.1) is 0 Å². The van der Waals surface area contributed by atoms with Crippen molar-refractivity contribution in [3.8, 4) is 11.5 Å². The van der Waals surface area contributed by atoms with Crippen LogP contribution in [0.4, 0.5) is 22.0 Å². The van der Waals surface area contributed by atoms with Crippen molar-refractivity contribution in [1.82, 2.24) is 0 Å².